The minimum Gasteiger partial charge on any atom is -0.480 e. The lowest BCUT2D eigenvalue weighted by molar-refractivity contribution is -0.136. The molecule has 2 aromatic carbocycles. The summed E-state index contributed by atoms with van der Waals surface area (Å²) in [7, 11) is 0. The Bertz CT molecular complexity index is 771. The van der Waals surface area contributed by atoms with Crippen molar-refractivity contribution in [1.29, 1.82) is 0 Å². The highest BCUT2D eigenvalue weighted by atomic mass is 79.9. The molecular formula is C18H15BrO5S. The van der Waals surface area contributed by atoms with Crippen LogP contribution >= 0.6 is 27.7 Å². The van der Waals surface area contributed by atoms with E-state index in [0.29, 0.717) is 28.8 Å². The van der Waals surface area contributed by atoms with Crippen molar-refractivity contribution in [2.75, 3.05) is 0 Å². The molecular weight excluding hydrogens is 408 g/mol. The van der Waals surface area contributed by atoms with E-state index in [4.69, 9.17) is 9.84 Å². The van der Waals surface area contributed by atoms with Gasteiger partial charge in [-0.3, -0.25) is 14.4 Å². The molecule has 0 saturated carbocycles. The number of halogens is 1. The summed E-state index contributed by atoms with van der Waals surface area (Å²) >= 11 is 3.99. The van der Waals surface area contributed by atoms with Gasteiger partial charge in [-0.15, -0.1) is 0 Å². The zero-order valence-electron chi connectivity index (χ0n) is 13.3. The second-order valence-corrected chi connectivity index (χ2v) is 7.44. The van der Waals surface area contributed by atoms with Crippen LogP contribution in [-0.4, -0.2) is 27.2 Å². The number of carbonyl (C=O) groups excluding carboxylic acids is 2. The van der Waals surface area contributed by atoms with Crippen molar-refractivity contribution in [1.82, 2.24) is 0 Å². The first-order valence-electron chi connectivity index (χ1n) is 7.32. The maximum Gasteiger partial charge on any atom is 0.317 e. The van der Waals surface area contributed by atoms with Gasteiger partial charge in [0.25, 0.3) is 0 Å². The van der Waals surface area contributed by atoms with Crippen LogP contribution in [0.3, 0.4) is 0 Å². The van der Waals surface area contributed by atoms with E-state index >= 15 is 0 Å². The monoisotopic (exact) mass is 422 g/mol. The lowest BCUT2D eigenvalue weighted by atomic mass is 10.1. The molecule has 5 nitrogen and oxygen atoms in total. The summed E-state index contributed by atoms with van der Waals surface area (Å²) in [6.45, 7) is 1.28. The Morgan fingerprint density at radius 3 is 2.04 bits per heavy atom. The Morgan fingerprint density at radius 1 is 1.04 bits per heavy atom. The van der Waals surface area contributed by atoms with E-state index in [0.717, 1.165) is 4.47 Å². The first kappa shape index (κ1) is 19.2. The minimum atomic E-state index is -1.18. The highest BCUT2D eigenvalue weighted by Crippen LogP contribution is 2.24. The predicted molar refractivity (Wildman–Crippen MR) is 99.3 cm³/mol. The first-order chi connectivity index (χ1) is 11.8. The fraction of sp³-hybridized carbons (Fsp3) is 0.167. The van der Waals surface area contributed by atoms with Gasteiger partial charge in [-0.2, -0.15) is 0 Å². The SMILES string of the molecule is CC(=O)SC(CC(=O)c1ccc(Oc2ccc(Br)cc2)cc1)C(=O)O. The molecule has 0 heterocycles. The van der Waals surface area contributed by atoms with Crippen LogP contribution in [0.5, 0.6) is 11.5 Å². The van der Waals surface area contributed by atoms with Gasteiger partial charge >= 0.3 is 5.97 Å². The summed E-state index contributed by atoms with van der Waals surface area (Å²) in [5.74, 6) is -0.294. The minimum absolute atomic E-state index is 0.244. The topological polar surface area (TPSA) is 80.7 Å². The molecule has 0 aromatic heterocycles. The first-order valence-corrected chi connectivity index (χ1v) is 8.99. The zero-order chi connectivity index (χ0) is 18.4. The van der Waals surface area contributed by atoms with Crippen molar-refractivity contribution in [3.8, 4) is 11.5 Å². The summed E-state index contributed by atoms with van der Waals surface area (Å²) < 4.78 is 6.61. The Hall–Kier alpha value is -2.12. The second-order valence-electron chi connectivity index (χ2n) is 5.14. The van der Waals surface area contributed by atoms with E-state index in [9.17, 15) is 14.4 Å². The Labute approximate surface area is 157 Å². The van der Waals surface area contributed by atoms with E-state index in [1.54, 1.807) is 36.4 Å². The van der Waals surface area contributed by atoms with Gasteiger partial charge < -0.3 is 9.84 Å². The smallest absolute Gasteiger partial charge is 0.317 e. The standard InChI is InChI=1S/C18H15BrO5S/c1-11(20)25-17(18(22)23)10-16(21)12-2-6-14(7-3-12)24-15-8-4-13(19)5-9-15/h2-9,17H,10H2,1H3,(H,22,23). The number of thioether (sulfide) groups is 1. The van der Waals surface area contributed by atoms with Crippen LogP contribution < -0.4 is 4.74 Å². The Balaban J connectivity index is 2.02. The number of carbonyl (C=O) groups is 3. The summed E-state index contributed by atoms with van der Waals surface area (Å²) in [5, 5.41) is 7.68. The lowest BCUT2D eigenvalue weighted by Crippen LogP contribution is -2.21. The molecule has 0 aliphatic carbocycles. The molecule has 25 heavy (non-hydrogen) atoms. The third kappa shape index (κ3) is 6.03. The van der Waals surface area contributed by atoms with Crippen molar-refractivity contribution in [3.63, 3.8) is 0 Å². The summed E-state index contributed by atoms with van der Waals surface area (Å²) in [5.41, 5.74) is 0.374. The van der Waals surface area contributed by atoms with Crippen LogP contribution in [0.15, 0.2) is 53.0 Å². The largest absolute Gasteiger partial charge is 0.480 e. The third-order valence-corrected chi connectivity index (χ3v) is 4.69. The molecule has 0 spiro atoms. The maximum atomic E-state index is 12.2. The number of hydrogen-bond acceptors (Lipinski definition) is 5. The molecule has 0 bridgehead atoms. The zero-order valence-corrected chi connectivity index (χ0v) is 15.7. The highest BCUT2D eigenvalue weighted by Gasteiger charge is 2.24. The number of Topliss-reactive ketones (excluding diaryl/α,β-unsaturated/α-hetero) is 1. The molecule has 0 aliphatic heterocycles. The van der Waals surface area contributed by atoms with Crippen LogP contribution in [0.25, 0.3) is 0 Å². The molecule has 0 amide bonds. The molecule has 2 rings (SSSR count). The number of carboxylic acids is 1. The molecule has 0 aliphatic rings. The van der Waals surface area contributed by atoms with Crippen LogP contribution in [0.1, 0.15) is 23.7 Å². The number of aliphatic carboxylic acids is 1. The predicted octanol–water partition coefficient (Wildman–Crippen LogP) is 4.55. The highest BCUT2D eigenvalue weighted by molar-refractivity contribution is 9.10. The van der Waals surface area contributed by atoms with Crippen LogP contribution in [0, 0.1) is 0 Å². The van der Waals surface area contributed by atoms with Gasteiger partial charge in [-0.1, -0.05) is 27.7 Å². The number of hydrogen-bond donors (Lipinski definition) is 1. The van der Waals surface area contributed by atoms with Crippen LogP contribution in [-0.2, 0) is 9.59 Å². The van der Waals surface area contributed by atoms with Crippen molar-refractivity contribution in [2.45, 2.75) is 18.6 Å². The van der Waals surface area contributed by atoms with E-state index in [1.165, 1.54) is 6.92 Å². The average molecular weight is 423 g/mol. The molecule has 1 atom stereocenters. The molecule has 130 valence electrons. The quantitative estimate of drug-likeness (QED) is 0.659. The summed E-state index contributed by atoms with van der Waals surface area (Å²) in [6, 6.07) is 13.8. The average Bonchev–Trinajstić information content (AvgIpc) is 2.56. The van der Waals surface area contributed by atoms with Gasteiger partial charge in [0.05, 0.1) is 0 Å². The fourth-order valence-corrected chi connectivity index (χ4v) is 3.01. The van der Waals surface area contributed by atoms with Crippen LogP contribution in [0.2, 0.25) is 0 Å². The number of rotatable bonds is 7. The molecule has 0 saturated heterocycles. The van der Waals surface area contributed by atoms with E-state index in [2.05, 4.69) is 15.9 Å². The Kier molecular flexibility index (Phi) is 6.78. The normalized spacial score (nSPS) is 11.6. The van der Waals surface area contributed by atoms with Crippen LogP contribution in [0.4, 0.5) is 0 Å². The molecule has 7 heteroatoms. The molecule has 1 N–H and O–H groups in total. The maximum absolute atomic E-state index is 12.2. The van der Waals surface area contributed by atoms with E-state index < -0.39 is 11.2 Å². The summed E-state index contributed by atoms with van der Waals surface area (Å²) in [4.78, 5) is 34.4. The molecule has 0 fully saturated rings. The van der Waals surface area contributed by atoms with Crippen molar-refractivity contribution >= 4 is 44.6 Å². The van der Waals surface area contributed by atoms with Gasteiger partial charge in [0.2, 0.25) is 0 Å². The lowest BCUT2D eigenvalue weighted by Gasteiger charge is -2.10. The fourth-order valence-electron chi connectivity index (χ4n) is 2.01. The second kappa shape index (κ2) is 8.82. The van der Waals surface area contributed by atoms with Crippen molar-refractivity contribution < 1.29 is 24.2 Å². The summed E-state index contributed by atoms with van der Waals surface area (Å²) in [6.07, 6.45) is -0.244. The van der Waals surface area contributed by atoms with E-state index in [-0.39, 0.29) is 17.3 Å². The van der Waals surface area contributed by atoms with Gasteiger partial charge in [0, 0.05) is 23.4 Å². The van der Waals surface area contributed by atoms with E-state index in [1.807, 2.05) is 12.1 Å². The number of ketones is 1. The molecule has 1 unspecified atom stereocenters. The van der Waals surface area contributed by atoms with Gasteiger partial charge in [0.1, 0.15) is 16.7 Å². The van der Waals surface area contributed by atoms with Gasteiger partial charge in [-0.25, -0.2) is 0 Å². The number of carboxylic acid groups (broad SMARTS) is 1. The van der Waals surface area contributed by atoms with Gasteiger partial charge in [0.15, 0.2) is 10.9 Å². The number of benzene rings is 2. The molecule has 0 radical (unpaired) electrons. The van der Waals surface area contributed by atoms with Crippen molar-refractivity contribution in [2.24, 2.45) is 0 Å². The Morgan fingerprint density at radius 2 is 1.56 bits per heavy atom. The van der Waals surface area contributed by atoms with Gasteiger partial charge in [-0.05, 0) is 48.5 Å². The third-order valence-electron chi connectivity index (χ3n) is 3.18. The molecule has 2 aromatic rings. The van der Waals surface area contributed by atoms with Crippen molar-refractivity contribution in [3.05, 3.63) is 58.6 Å². The number of ether oxygens (including phenoxy) is 1.